The van der Waals surface area contributed by atoms with Gasteiger partial charge in [-0.05, 0) is 34.2 Å². The van der Waals surface area contributed by atoms with E-state index < -0.39 is 24.1 Å². The first-order valence-corrected chi connectivity index (χ1v) is 12.9. The fourth-order valence-electron chi connectivity index (χ4n) is 3.72. The van der Waals surface area contributed by atoms with Crippen LogP contribution in [0.4, 0.5) is 4.79 Å². The number of aldehydes is 1. The quantitative estimate of drug-likeness (QED) is 0.344. The monoisotopic (exact) mass is 492 g/mol. The van der Waals surface area contributed by atoms with Crippen LogP contribution < -0.4 is 10.6 Å². The number of fused-ring (bicyclic) bond motifs is 1. The smallest absolute Gasteiger partial charge is 0.408 e. The molecule has 35 heavy (non-hydrogen) atoms. The number of carbonyl (C=O) groups excluding carboxylic acids is 3. The summed E-state index contributed by atoms with van der Waals surface area (Å²) in [4.78, 5) is 36.9. The molecule has 0 saturated carbocycles. The summed E-state index contributed by atoms with van der Waals surface area (Å²) in [7, 11) is 0. The van der Waals surface area contributed by atoms with Gasteiger partial charge in [0.05, 0.1) is 6.04 Å². The van der Waals surface area contributed by atoms with Gasteiger partial charge in [0.15, 0.2) is 0 Å². The van der Waals surface area contributed by atoms with Crippen LogP contribution in [0.2, 0.25) is 0 Å². The second-order valence-electron chi connectivity index (χ2n) is 8.79. The molecule has 0 aromatic heterocycles. The van der Waals surface area contributed by atoms with Crippen LogP contribution in [0.5, 0.6) is 0 Å². The van der Waals surface area contributed by atoms with Gasteiger partial charge in [-0.2, -0.15) is 11.8 Å². The zero-order chi connectivity index (χ0) is 25.0. The normalized spacial score (nSPS) is 12.7. The van der Waals surface area contributed by atoms with E-state index >= 15 is 0 Å². The Kier molecular flexibility index (Phi) is 10.2. The summed E-state index contributed by atoms with van der Waals surface area (Å²) in [5.74, 6) is 0.931. The van der Waals surface area contributed by atoms with E-state index in [2.05, 4.69) is 34.9 Å². The molecule has 0 heterocycles. The van der Waals surface area contributed by atoms with Crippen molar-refractivity contribution in [2.45, 2.75) is 44.7 Å². The number of hydrogen-bond acceptors (Lipinski definition) is 5. The first-order chi connectivity index (χ1) is 17.0. The molecule has 0 fully saturated rings. The molecular formula is C28H32N2O4S. The highest BCUT2D eigenvalue weighted by molar-refractivity contribution is 7.98. The van der Waals surface area contributed by atoms with E-state index in [1.165, 1.54) is 16.3 Å². The highest BCUT2D eigenvalue weighted by atomic mass is 32.2. The van der Waals surface area contributed by atoms with Gasteiger partial charge >= 0.3 is 6.09 Å². The number of amides is 2. The lowest BCUT2D eigenvalue weighted by Gasteiger charge is -2.22. The van der Waals surface area contributed by atoms with Crippen LogP contribution in [-0.4, -0.2) is 36.1 Å². The second-order valence-corrected chi connectivity index (χ2v) is 9.82. The Bertz CT molecular complexity index is 1110. The maximum atomic E-state index is 12.9. The molecule has 2 N–H and O–H groups in total. The minimum absolute atomic E-state index is 0.116. The van der Waals surface area contributed by atoms with Crippen molar-refractivity contribution in [2.75, 3.05) is 5.75 Å². The van der Waals surface area contributed by atoms with Crippen molar-refractivity contribution in [2.24, 2.45) is 5.92 Å². The number of alkyl carbamates (subject to hydrolysis) is 1. The molecule has 1 unspecified atom stereocenters. The van der Waals surface area contributed by atoms with Crippen molar-refractivity contribution in [1.29, 1.82) is 0 Å². The number of thioether (sulfide) groups is 1. The molecule has 184 valence electrons. The number of rotatable bonds is 12. The Morgan fingerprint density at radius 2 is 1.66 bits per heavy atom. The maximum Gasteiger partial charge on any atom is 0.408 e. The highest BCUT2D eigenvalue weighted by Gasteiger charge is 2.25. The van der Waals surface area contributed by atoms with Crippen molar-refractivity contribution in [3.63, 3.8) is 0 Å². The molecule has 3 aromatic rings. The first-order valence-electron chi connectivity index (χ1n) is 11.7. The number of hydrogen-bond donors (Lipinski definition) is 2. The third kappa shape index (κ3) is 8.44. The Morgan fingerprint density at radius 3 is 2.40 bits per heavy atom. The molecule has 3 aromatic carbocycles. The van der Waals surface area contributed by atoms with Crippen LogP contribution >= 0.6 is 11.8 Å². The van der Waals surface area contributed by atoms with E-state index in [1.54, 1.807) is 11.8 Å². The molecule has 2 atom stereocenters. The van der Waals surface area contributed by atoms with E-state index in [0.29, 0.717) is 12.2 Å². The van der Waals surface area contributed by atoms with Crippen molar-refractivity contribution in [1.82, 2.24) is 10.6 Å². The van der Waals surface area contributed by atoms with Gasteiger partial charge in [0.25, 0.3) is 0 Å². The van der Waals surface area contributed by atoms with Crippen molar-refractivity contribution < 1.29 is 19.1 Å². The van der Waals surface area contributed by atoms with E-state index in [1.807, 2.05) is 62.4 Å². The predicted octanol–water partition coefficient (Wildman–Crippen LogP) is 5.10. The zero-order valence-electron chi connectivity index (χ0n) is 20.1. The molecule has 0 spiro atoms. The average Bonchev–Trinajstić information content (AvgIpc) is 2.87. The van der Waals surface area contributed by atoms with Crippen molar-refractivity contribution >= 4 is 40.8 Å². The van der Waals surface area contributed by atoms with Gasteiger partial charge in [-0.1, -0.05) is 86.6 Å². The lowest BCUT2D eigenvalue weighted by Crippen LogP contribution is -2.51. The molecule has 0 aliphatic heterocycles. The van der Waals surface area contributed by atoms with Crippen LogP contribution in [-0.2, 0) is 26.7 Å². The van der Waals surface area contributed by atoms with Gasteiger partial charge in [-0.3, -0.25) is 4.79 Å². The molecule has 7 heteroatoms. The summed E-state index contributed by atoms with van der Waals surface area (Å²) >= 11 is 1.58. The van der Waals surface area contributed by atoms with Gasteiger partial charge in [0.2, 0.25) is 5.91 Å². The minimum Gasteiger partial charge on any atom is -0.445 e. The molecule has 6 nitrogen and oxygen atoms in total. The molecule has 0 saturated heterocycles. The predicted molar refractivity (Wildman–Crippen MR) is 141 cm³/mol. The standard InChI is InChI=1S/C28H32N2O4S/c1-20(2)15-26(30-28(33)34-17-21-9-4-3-5-10-21)27(32)29-24(16-31)19-35-18-23-13-8-12-22-11-6-7-14-25(22)23/h3-14,16,20,24,26H,15,17-19H2,1-2H3,(H,29,32)(H,30,33)/t24?,26-/m1/s1. The summed E-state index contributed by atoms with van der Waals surface area (Å²) in [6.07, 6.45) is 0.512. The van der Waals surface area contributed by atoms with Gasteiger partial charge in [-0.15, -0.1) is 0 Å². The van der Waals surface area contributed by atoms with Gasteiger partial charge in [0.1, 0.15) is 18.9 Å². The SMILES string of the molecule is CC(C)C[C@@H](NC(=O)OCc1ccccc1)C(=O)NC(C=O)CSCc1cccc2ccccc12. The van der Waals surface area contributed by atoms with E-state index in [-0.39, 0.29) is 12.5 Å². The lowest BCUT2D eigenvalue weighted by atomic mass is 10.0. The third-order valence-corrected chi connectivity index (χ3v) is 6.57. The average molecular weight is 493 g/mol. The third-order valence-electron chi connectivity index (χ3n) is 5.46. The summed E-state index contributed by atoms with van der Waals surface area (Å²) < 4.78 is 5.27. The van der Waals surface area contributed by atoms with Crippen LogP contribution in [0, 0.1) is 5.92 Å². The highest BCUT2D eigenvalue weighted by Crippen LogP contribution is 2.23. The lowest BCUT2D eigenvalue weighted by molar-refractivity contribution is -0.125. The number of nitrogens with one attached hydrogen (secondary N) is 2. The van der Waals surface area contributed by atoms with Crippen LogP contribution in [0.25, 0.3) is 10.8 Å². The molecule has 0 radical (unpaired) electrons. The Morgan fingerprint density at radius 1 is 0.943 bits per heavy atom. The zero-order valence-corrected chi connectivity index (χ0v) is 20.9. The Balaban J connectivity index is 1.52. The molecule has 0 aliphatic carbocycles. The van der Waals surface area contributed by atoms with Gasteiger partial charge in [0, 0.05) is 11.5 Å². The van der Waals surface area contributed by atoms with Crippen LogP contribution in [0.15, 0.2) is 72.8 Å². The van der Waals surface area contributed by atoms with E-state index in [9.17, 15) is 14.4 Å². The maximum absolute atomic E-state index is 12.9. The number of carbonyl (C=O) groups is 3. The molecule has 0 aliphatic rings. The van der Waals surface area contributed by atoms with Gasteiger partial charge in [-0.25, -0.2) is 4.79 Å². The Hall–Kier alpha value is -3.32. The number of benzene rings is 3. The molecule has 0 bridgehead atoms. The topological polar surface area (TPSA) is 84.5 Å². The summed E-state index contributed by atoms with van der Waals surface area (Å²) in [5, 5.41) is 7.79. The largest absolute Gasteiger partial charge is 0.445 e. The van der Waals surface area contributed by atoms with E-state index in [4.69, 9.17) is 4.74 Å². The van der Waals surface area contributed by atoms with Crippen molar-refractivity contribution in [3.8, 4) is 0 Å². The summed E-state index contributed by atoms with van der Waals surface area (Å²) in [5.41, 5.74) is 2.04. The fourth-order valence-corrected chi connectivity index (χ4v) is 4.73. The van der Waals surface area contributed by atoms with Crippen molar-refractivity contribution in [3.05, 3.63) is 83.9 Å². The molecule has 2 amide bonds. The minimum atomic E-state index is -0.788. The van der Waals surface area contributed by atoms with Gasteiger partial charge < -0.3 is 20.2 Å². The molecular weight excluding hydrogens is 460 g/mol. The Labute approximate surface area is 210 Å². The van der Waals surface area contributed by atoms with E-state index in [0.717, 1.165) is 17.6 Å². The second kappa shape index (κ2) is 13.5. The summed E-state index contributed by atoms with van der Waals surface area (Å²) in [6, 6.07) is 22.2. The van der Waals surface area contributed by atoms with Crippen LogP contribution in [0.3, 0.4) is 0 Å². The molecule has 3 rings (SSSR count). The fraction of sp³-hybridized carbons (Fsp3) is 0.321. The van der Waals surface area contributed by atoms with Crippen LogP contribution in [0.1, 0.15) is 31.4 Å². The first kappa shape index (κ1) is 26.3. The number of ether oxygens (including phenoxy) is 1. The summed E-state index contributed by atoms with van der Waals surface area (Å²) in [6.45, 7) is 4.05.